The van der Waals surface area contributed by atoms with Gasteiger partial charge < -0.3 is 9.47 Å². The molecule has 1 aromatic rings. The van der Waals surface area contributed by atoms with Crippen LogP contribution in [0.1, 0.15) is 43.2 Å². The number of hydrogen-bond donors (Lipinski definition) is 0. The van der Waals surface area contributed by atoms with Gasteiger partial charge in [0.15, 0.2) is 0 Å². The fourth-order valence-electron chi connectivity index (χ4n) is 3.11. The molecule has 1 aliphatic carbocycles. The Morgan fingerprint density at radius 2 is 2.26 bits per heavy atom. The van der Waals surface area contributed by atoms with Crippen LogP contribution in [0, 0.1) is 6.92 Å². The average molecular weight is 325 g/mol. The van der Waals surface area contributed by atoms with Crippen LogP contribution in [0.4, 0.5) is 0 Å². The van der Waals surface area contributed by atoms with E-state index in [1.807, 2.05) is 0 Å². The zero-order valence-electron chi connectivity index (χ0n) is 11.5. The number of benzene rings is 1. The predicted octanol–water partition coefficient (Wildman–Crippen LogP) is 4.37. The summed E-state index contributed by atoms with van der Waals surface area (Å²) in [5.74, 6) is 1.03. The van der Waals surface area contributed by atoms with E-state index in [-0.39, 0.29) is 5.60 Å². The standard InChI is InChI=1S/C16H21BrO2/c1-12-3-4-15(13(9-12)11-17)19-14-5-8-18-16(10-14)6-2-7-16/h3-4,9,14H,2,5-8,10-11H2,1H3. The van der Waals surface area contributed by atoms with Crippen LogP contribution in [0.5, 0.6) is 5.75 Å². The number of aryl methyl sites for hydroxylation is 1. The smallest absolute Gasteiger partial charge is 0.123 e. The van der Waals surface area contributed by atoms with Gasteiger partial charge in [0.05, 0.1) is 12.2 Å². The molecule has 1 aromatic carbocycles. The fourth-order valence-corrected chi connectivity index (χ4v) is 3.55. The van der Waals surface area contributed by atoms with E-state index in [2.05, 4.69) is 41.1 Å². The van der Waals surface area contributed by atoms with Gasteiger partial charge in [-0.2, -0.15) is 0 Å². The molecule has 0 amide bonds. The Morgan fingerprint density at radius 1 is 1.42 bits per heavy atom. The van der Waals surface area contributed by atoms with E-state index in [4.69, 9.17) is 9.47 Å². The van der Waals surface area contributed by atoms with Gasteiger partial charge in [-0.25, -0.2) is 0 Å². The van der Waals surface area contributed by atoms with Crippen molar-refractivity contribution in [2.45, 2.75) is 56.1 Å². The Balaban J connectivity index is 1.70. The maximum atomic E-state index is 6.25. The van der Waals surface area contributed by atoms with Crippen molar-refractivity contribution in [1.82, 2.24) is 0 Å². The molecule has 1 heterocycles. The summed E-state index contributed by atoms with van der Waals surface area (Å²) >= 11 is 3.55. The molecule has 0 bridgehead atoms. The van der Waals surface area contributed by atoms with Crippen LogP contribution >= 0.6 is 15.9 Å². The maximum absolute atomic E-state index is 6.25. The Morgan fingerprint density at radius 3 is 2.95 bits per heavy atom. The Kier molecular flexibility index (Phi) is 3.86. The number of rotatable bonds is 3. The third kappa shape index (κ3) is 2.82. The van der Waals surface area contributed by atoms with Crippen LogP contribution in [0.3, 0.4) is 0 Å². The van der Waals surface area contributed by atoms with Crippen molar-refractivity contribution in [1.29, 1.82) is 0 Å². The lowest BCUT2D eigenvalue weighted by atomic mass is 9.74. The first-order valence-corrected chi connectivity index (χ1v) is 8.29. The highest BCUT2D eigenvalue weighted by Gasteiger charge is 2.43. The minimum Gasteiger partial charge on any atom is -0.490 e. The van der Waals surface area contributed by atoms with Gasteiger partial charge >= 0.3 is 0 Å². The Hall–Kier alpha value is -0.540. The van der Waals surface area contributed by atoms with E-state index in [1.54, 1.807) is 0 Å². The molecule has 1 saturated heterocycles. The zero-order chi connectivity index (χ0) is 13.3. The Bertz CT molecular complexity index is 454. The van der Waals surface area contributed by atoms with E-state index >= 15 is 0 Å². The summed E-state index contributed by atoms with van der Waals surface area (Å²) in [6.45, 7) is 2.97. The van der Waals surface area contributed by atoms with Gasteiger partial charge in [0, 0.05) is 23.7 Å². The van der Waals surface area contributed by atoms with Crippen LogP contribution in [0.25, 0.3) is 0 Å². The highest BCUT2D eigenvalue weighted by molar-refractivity contribution is 9.08. The zero-order valence-corrected chi connectivity index (χ0v) is 13.0. The molecule has 1 saturated carbocycles. The largest absolute Gasteiger partial charge is 0.490 e. The fraction of sp³-hybridized carbons (Fsp3) is 0.625. The van der Waals surface area contributed by atoms with Crippen molar-refractivity contribution in [3.05, 3.63) is 29.3 Å². The highest BCUT2D eigenvalue weighted by Crippen LogP contribution is 2.43. The van der Waals surface area contributed by atoms with Crippen LogP contribution in [0.15, 0.2) is 18.2 Å². The van der Waals surface area contributed by atoms with Gasteiger partial charge in [-0.1, -0.05) is 33.6 Å². The van der Waals surface area contributed by atoms with E-state index in [1.165, 1.54) is 30.4 Å². The SMILES string of the molecule is Cc1ccc(OC2CCOC3(CCC3)C2)c(CBr)c1. The van der Waals surface area contributed by atoms with Gasteiger partial charge in [-0.15, -0.1) is 0 Å². The summed E-state index contributed by atoms with van der Waals surface area (Å²) in [4.78, 5) is 0. The number of alkyl halides is 1. The first-order chi connectivity index (χ1) is 9.21. The van der Waals surface area contributed by atoms with Crippen molar-refractivity contribution in [2.24, 2.45) is 0 Å². The molecule has 0 radical (unpaired) electrons. The molecule has 1 spiro atoms. The van der Waals surface area contributed by atoms with Gasteiger partial charge in [0.2, 0.25) is 0 Å². The summed E-state index contributed by atoms with van der Waals surface area (Å²) < 4.78 is 12.2. The van der Waals surface area contributed by atoms with Crippen LogP contribution < -0.4 is 4.74 Å². The van der Waals surface area contributed by atoms with E-state index in [0.29, 0.717) is 6.10 Å². The summed E-state index contributed by atoms with van der Waals surface area (Å²) in [5, 5.41) is 0.846. The summed E-state index contributed by atoms with van der Waals surface area (Å²) in [6, 6.07) is 6.43. The molecule has 2 aliphatic rings. The van der Waals surface area contributed by atoms with Crippen molar-refractivity contribution < 1.29 is 9.47 Å². The second kappa shape index (κ2) is 5.45. The molecule has 19 heavy (non-hydrogen) atoms. The predicted molar refractivity (Wildman–Crippen MR) is 80.0 cm³/mol. The lowest BCUT2D eigenvalue weighted by molar-refractivity contribution is -0.153. The third-order valence-electron chi connectivity index (χ3n) is 4.37. The first kappa shape index (κ1) is 13.4. The van der Waals surface area contributed by atoms with E-state index in [0.717, 1.165) is 30.5 Å². The molecule has 2 fully saturated rings. The molecule has 3 heteroatoms. The molecule has 1 aliphatic heterocycles. The average Bonchev–Trinajstić information content (AvgIpc) is 2.39. The molecular weight excluding hydrogens is 304 g/mol. The quantitative estimate of drug-likeness (QED) is 0.768. The molecule has 1 unspecified atom stereocenters. The van der Waals surface area contributed by atoms with Crippen LogP contribution in [0.2, 0.25) is 0 Å². The van der Waals surface area contributed by atoms with Crippen molar-refractivity contribution in [3.8, 4) is 5.75 Å². The second-order valence-electron chi connectivity index (χ2n) is 5.86. The first-order valence-electron chi connectivity index (χ1n) is 7.17. The Labute approximate surface area is 123 Å². The maximum Gasteiger partial charge on any atom is 0.123 e. The van der Waals surface area contributed by atoms with Gasteiger partial charge in [0.1, 0.15) is 11.9 Å². The lowest BCUT2D eigenvalue weighted by Crippen LogP contribution is -2.48. The monoisotopic (exact) mass is 324 g/mol. The van der Waals surface area contributed by atoms with Crippen LogP contribution in [-0.4, -0.2) is 18.3 Å². The summed E-state index contributed by atoms with van der Waals surface area (Å²) in [5.41, 5.74) is 2.68. The molecule has 104 valence electrons. The lowest BCUT2D eigenvalue weighted by Gasteiger charge is -2.47. The summed E-state index contributed by atoms with van der Waals surface area (Å²) in [6.07, 6.45) is 6.12. The minimum atomic E-state index is 0.155. The molecule has 3 rings (SSSR count). The molecule has 1 atom stereocenters. The molecule has 2 nitrogen and oxygen atoms in total. The topological polar surface area (TPSA) is 18.5 Å². The number of hydrogen-bond acceptors (Lipinski definition) is 2. The second-order valence-corrected chi connectivity index (χ2v) is 6.42. The third-order valence-corrected chi connectivity index (χ3v) is 4.97. The van der Waals surface area contributed by atoms with E-state index < -0.39 is 0 Å². The van der Waals surface area contributed by atoms with E-state index in [9.17, 15) is 0 Å². The van der Waals surface area contributed by atoms with Crippen molar-refractivity contribution in [3.63, 3.8) is 0 Å². The normalized spacial score (nSPS) is 25.1. The summed E-state index contributed by atoms with van der Waals surface area (Å²) in [7, 11) is 0. The van der Waals surface area contributed by atoms with Gasteiger partial charge in [-0.3, -0.25) is 0 Å². The molecule has 0 aromatic heterocycles. The van der Waals surface area contributed by atoms with Crippen LogP contribution in [-0.2, 0) is 10.1 Å². The highest BCUT2D eigenvalue weighted by atomic mass is 79.9. The minimum absolute atomic E-state index is 0.155. The molecule has 0 N–H and O–H groups in total. The van der Waals surface area contributed by atoms with Gasteiger partial charge in [0.25, 0.3) is 0 Å². The van der Waals surface area contributed by atoms with Crippen molar-refractivity contribution >= 4 is 15.9 Å². The molecular formula is C16H21BrO2. The van der Waals surface area contributed by atoms with Crippen molar-refractivity contribution in [2.75, 3.05) is 6.61 Å². The number of halogens is 1. The van der Waals surface area contributed by atoms with Gasteiger partial charge in [-0.05, 0) is 32.3 Å². The number of ether oxygens (including phenoxy) is 2.